The van der Waals surface area contributed by atoms with E-state index in [-0.39, 0.29) is 0 Å². The summed E-state index contributed by atoms with van der Waals surface area (Å²) in [5, 5.41) is 0.369. The first-order valence-electron chi connectivity index (χ1n) is 2.91. The Hall–Kier alpha value is -0.890. The van der Waals surface area contributed by atoms with Gasteiger partial charge < -0.3 is 8.83 Å². The van der Waals surface area contributed by atoms with E-state index in [1.54, 1.807) is 12.1 Å². The lowest BCUT2D eigenvalue weighted by Crippen LogP contribution is -1.53. The van der Waals surface area contributed by atoms with Gasteiger partial charge in [-0.1, -0.05) is 0 Å². The van der Waals surface area contributed by atoms with Gasteiger partial charge in [-0.3, -0.25) is 0 Å². The van der Waals surface area contributed by atoms with E-state index in [9.17, 15) is 0 Å². The topological polar surface area (TPSA) is 26.3 Å². The second-order valence-corrected chi connectivity index (χ2v) is 2.51. The molecule has 52 valence electrons. The van der Waals surface area contributed by atoms with Crippen LogP contribution in [0.5, 0.6) is 0 Å². The van der Waals surface area contributed by atoms with Crippen LogP contribution in [0.4, 0.5) is 0 Å². The monoisotopic (exact) mass is 156 g/mol. The molecule has 0 aromatic carbocycles. The maximum absolute atomic E-state index is 5.55. The molecule has 2 aromatic rings. The minimum atomic E-state index is 0.369. The molecule has 0 aliphatic carbocycles. The summed E-state index contributed by atoms with van der Waals surface area (Å²) in [4.78, 5) is 0. The average molecular weight is 157 g/mol. The van der Waals surface area contributed by atoms with Gasteiger partial charge in [0.1, 0.15) is 5.76 Å². The van der Waals surface area contributed by atoms with Crippen LogP contribution >= 0.6 is 11.6 Å². The maximum atomic E-state index is 5.55. The molecule has 0 N–H and O–H groups in total. The van der Waals surface area contributed by atoms with Gasteiger partial charge in [0.15, 0.2) is 16.4 Å². The zero-order valence-electron chi connectivity index (χ0n) is 5.35. The minimum absolute atomic E-state index is 0.369. The third-order valence-corrected chi connectivity index (χ3v) is 1.49. The molecule has 0 unspecified atom stereocenters. The van der Waals surface area contributed by atoms with E-state index in [2.05, 4.69) is 0 Å². The van der Waals surface area contributed by atoms with Gasteiger partial charge in [0.05, 0.1) is 0 Å². The summed E-state index contributed by atoms with van der Waals surface area (Å²) in [5.74, 6) is 0.838. The van der Waals surface area contributed by atoms with Gasteiger partial charge in [-0.05, 0) is 18.5 Å². The molecule has 0 aliphatic heterocycles. The van der Waals surface area contributed by atoms with Crippen molar-refractivity contribution in [3.05, 3.63) is 23.1 Å². The summed E-state index contributed by atoms with van der Waals surface area (Å²) in [7, 11) is 0. The lowest BCUT2D eigenvalue weighted by Gasteiger charge is -1.75. The van der Waals surface area contributed by atoms with Crippen molar-refractivity contribution >= 4 is 22.8 Å². The van der Waals surface area contributed by atoms with Crippen molar-refractivity contribution in [3.63, 3.8) is 0 Å². The summed E-state index contributed by atoms with van der Waals surface area (Å²) < 4.78 is 10.3. The summed E-state index contributed by atoms with van der Waals surface area (Å²) in [6.07, 6.45) is 0. The Morgan fingerprint density at radius 1 is 1.20 bits per heavy atom. The van der Waals surface area contributed by atoms with Crippen molar-refractivity contribution in [3.8, 4) is 0 Å². The number of furan rings is 2. The number of rotatable bonds is 0. The van der Waals surface area contributed by atoms with E-state index in [1.165, 1.54) is 0 Å². The van der Waals surface area contributed by atoms with E-state index in [4.69, 9.17) is 20.4 Å². The van der Waals surface area contributed by atoms with Gasteiger partial charge in [-0.15, -0.1) is 0 Å². The molecule has 0 radical (unpaired) electrons. The molecule has 0 aliphatic rings. The molecule has 2 heterocycles. The van der Waals surface area contributed by atoms with Gasteiger partial charge in [0.2, 0.25) is 0 Å². The second kappa shape index (κ2) is 1.80. The molecular formula is C7H5ClO2. The lowest BCUT2D eigenvalue weighted by atomic mass is 10.5. The van der Waals surface area contributed by atoms with Crippen LogP contribution < -0.4 is 0 Å². The molecule has 10 heavy (non-hydrogen) atoms. The molecule has 0 saturated heterocycles. The maximum Gasteiger partial charge on any atom is 0.197 e. The Kier molecular flexibility index (Phi) is 1.05. The Labute approximate surface area is 62.4 Å². The first kappa shape index (κ1) is 5.86. The number of hydrogen-bond acceptors (Lipinski definition) is 2. The summed E-state index contributed by atoms with van der Waals surface area (Å²) in [5.41, 5.74) is 1.42. The Bertz CT molecular complexity index is 295. The highest BCUT2D eigenvalue weighted by molar-refractivity contribution is 6.29. The lowest BCUT2D eigenvalue weighted by molar-refractivity contribution is 0.578. The highest BCUT2D eigenvalue weighted by atomic mass is 35.5. The van der Waals surface area contributed by atoms with E-state index in [1.807, 2.05) is 6.92 Å². The number of aryl methyl sites for hydroxylation is 1. The zero-order valence-corrected chi connectivity index (χ0v) is 6.11. The van der Waals surface area contributed by atoms with Crippen molar-refractivity contribution in [1.82, 2.24) is 0 Å². The first-order chi connectivity index (χ1) is 4.75. The normalized spacial score (nSPS) is 11.0. The van der Waals surface area contributed by atoms with Crippen molar-refractivity contribution in [2.24, 2.45) is 0 Å². The average Bonchev–Trinajstić information content (AvgIpc) is 2.21. The molecule has 0 atom stereocenters. The molecule has 0 fully saturated rings. The van der Waals surface area contributed by atoms with Gasteiger partial charge in [0, 0.05) is 12.1 Å². The molecule has 2 nitrogen and oxygen atoms in total. The summed E-state index contributed by atoms with van der Waals surface area (Å²) in [6.45, 7) is 1.86. The van der Waals surface area contributed by atoms with Crippen LogP contribution in [0.1, 0.15) is 5.76 Å². The number of hydrogen-bond donors (Lipinski definition) is 0. The van der Waals surface area contributed by atoms with Crippen LogP contribution in [0, 0.1) is 6.92 Å². The first-order valence-corrected chi connectivity index (χ1v) is 3.29. The van der Waals surface area contributed by atoms with Crippen LogP contribution in [0.2, 0.25) is 5.22 Å². The summed E-state index contributed by atoms with van der Waals surface area (Å²) >= 11 is 5.55. The zero-order chi connectivity index (χ0) is 7.14. The van der Waals surface area contributed by atoms with Gasteiger partial charge in [0.25, 0.3) is 0 Å². The van der Waals surface area contributed by atoms with Crippen LogP contribution in [0.15, 0.2) is 21.0 Å². The largest absolute Gasteiger partial charge is 0.458 e. The molecule has 0 bridgehead atoms. The quantitative estimate of drug-likeness (QED) is 0.586. The van der Waals surface area contributed by atoms with Crippen molar-refractivity contribution in [2.75, 3.05) is 0 Å². The van der Waals surface area contributed by atoms with Gasteiger partial charge in [-0.2, -0.15) is 0 Å². The van der Waals surface area contributed by atoms with Crippen LogP contribution in [0.3, 0.4) is 0 Å². The van der Waals surface area contributed by atoms with E-state index in [0.717, 1.165) is 5.76 Å². The fraction of sp³-hybridized carbons (Fsp3) is 0.143. The van der Waals surface area contributed by atoms with Crippen LogP contribution in [-0.2, 0) is 0 Å². The fourth-order valence-corrected chi connectivity index (χ4v) is 1.11. The van der Waals surface area contributed by atoms with E-state index < -0.39 is 0 Å². The summed E-state index contributed by atoms with van der Waals surface area (Å²) in [6, 6.07) is 3.46. The standard InChI is InChI=1S/C7H5ClO2/c1-4-2-5-6(9-4)3-7(8)10-5/h2-3H,1H3. The molecule has 0 amide bonds. The van der Waals surface area contributed by atoms with Crippen molar-refractivity contribution in [1.29, 1.82) is 0 Å². The third-order valence-electron chi connectivity index (χ3n) is 1.30. The SMILES string of the molecule is Cc1cc2oc(Cl)cc2o1. The van der Waals surface area contributed by atoms with Crippen molar-refractivity contribution < 1.29 is 8.83 Å². The molecular weight excluding hydrogens is 152 g/mol. The molecule has 3 heteroatoms. The third kappa shape index (κ3) is 0.727. The van der Waals surface area contributed by atoms with E-state index in [0.29, 0.717) is 16.4 Å². The van der Waals surface area contributed by atoms with E-state index >= 15 is 0 Å². The fourth-order valence-electron chi connectivity index (χ4n) is 0.927. The van der Waals surface area contributed by atoms with Crippen LogP contribution in [-0.4, -0.2) is 0 Å². The molecule has 0 saturated carbocycles. The number of halogens is 1. The van der Waals surface area contributed by atoms with Crippen LogP contribution in [0.25, 0.3) is 11.2 Å². The smallest absolute Gasteiger partial charge is 0.197 e. The highest BCUT2D eigenvalue weighted by Crippen LogP contribution is 2.25. The predicted octanol–water partition coefficient (Wildman–Crippen LogP) is 2.99. The van der Waals surface area contributed by atoms with Crippen molar-refractivity contribution in [2.45, 2.75) is 6.92 Å². The molecule has 0 spiro atoms. The minimum Gasteiger partial charge on any atom is -0.458 e. The van der Waals surface area contributed by atoms with Gasteiger partial charge >= 0.3 is 0 Å². The van der Waals surface area contributed by atoms with Gasteiger partial charge in [-0.25, -0.2) is 0 Å². The Morgan fingerprint density at radius 3 is 2.60 bits per heavy atom. The Morgan fingerprint density at radius 2 is 1.90 bits per heavy atom. The number of fused-ring (bicyclic) bond motifs is 1. The molecule has 2 rings (SSSR count). The Balaban J connectivity index is 2.83. The molecule has 2 aromatic heterocycles. The second-order valence-electron chi connectivity index (χ2n) is 2.14. The highest BCUT2D eigenvalue weighted by Gasteiger charge is 2.05. The predicted molar refractivity (Wildman–Crippen MR) is 38.2 cm³/mol.